The summed E-state index contributed by atoms with van der Waals surface area (Å²) in [5.41, 5.74) is 8.06. The number of aliphatic hydroxyl groups is 3. The quantitative estimate of drug-likeness (QED) is 0.163. The Bertz CT molecular complexity index is 1030. The Hall–Kier alpha value is -2.46. The number of rotatable bonds is 17. The number of hydrogen-bond acceptors (Lipinski definition) is 3. The lowest BCUT2D eigenvalue weighted by atomic mass is 9.81. The minimum absolute atomic E-state index is 0.247. The van der Waals surface area contributed by atoms with Crippen molar-refractivity contribution < 1.29 is 15.3 Å². The topological polar surface area (TPSA) is 60.7 Å². The van der Waals surface area contributed by atoms with Crippen LogP contribution in [0.15, 0.2) is 72.8 Å². The van der Waals surface area contributed by atoms with Crippen LogP contribution in [0.3, 0.4) is 0 Å². The molecule has 0 aliphatic heterocycles. The average molecular weight is 545 g/mol. The Morgan fingerprint density at radius 2 is 0.750 bits per heavy atom. The van der Waals surface area contributed by atoms with E-state index in [4.69, 9.17) is 0 Å². The maximum Gasteiger partial charge on any atom is 0.0433 e. The van der Waals surface area contributed by atoms with E-state index in [1.807, 2.05) is 0 Å². The van der Waals surface area contributed by atoms with E-state index in [-0.39, 0.29) is 19.8 Å². The number of aliphatic hydroxyl groups excluding tert-OH is 3. The molecule has 3 N–H and O–H groups in total. The maximum atomic E-state index is 9.28. The van der Waals surface area contributed by atoms with Crippen LogP contribution in [0.25, 0.3) is 0 Å². The summed E-state index contributed by atoms with van der Waals surface area (Å²) < 4.78 is 0. The smallest absolute Gasteiger partial charge is 0.0433 e. The highest BCUT2D eigenvalue weighted by Crippen LogP contribution is 2.36. The number of benzene rings is 3. The summed E-state index contributed by atoms with van der Waals surface area (Å²) in [5, 5.41) is 27.8. The molecule has 3 heteroatoms. The first kappa shape index (κ1) is 32.1. The van der Waals surface area contributed by atoms with Gasteiger partial charge in [0.05, 0.1) is 0 Å². The first-order valence-electron chi connectivity index (χ1n) is 15.4. The van der Waals surface area contributed by atoms with Crippen LogP contribution in [-0.2, 0) is 19.3 Å². The highest BCUT2D eigenvalue weighted by Gasteiger charge is 2.20. The lowest BCUT2D eigenvalue weighted by molar-refractivity contribution is 0.262. The van der Waals surface area contributed by atoms with Crippen LogP contribution in [0.1, 0.15) is 98.6 Å². The van der Waals surface area contributed by atoms with Crippen molar-refractivity contribution in [3.63, 3.8) is 0 Å². The zero-order valence-corrected chi connectivity index (χ0v) is 25.2. The normalized spacial score (nSPS) is 15.4. The Balaban J connectivity index is 1.80. The van der Waals surface area contributed by atoms with Crippen LogP contribution in [0.5, 0.6) is 0 Å². The molecule has 0 radical (unpaired) electrons. The minimum atomic E-state index is 0.247. The Kier molecular flexibility index (Phi) is 13.4. The van der Waals surface area contributed by atoms with Crippen molar-refractivity contribution >= 4 is 0 Å². The molecule has 3 rings (SSSR count). The molecule has 4 unspecified atom stereocenters. The molecule has 3 aromatic rings. The van der Waals surface area contributed by atoms with Crippen molar-refractivity contribution in [2.75, 3.05) is 19.8 Å². The molecule has 3 aromatic carbocycles. The summed E-state index contributed by atoms with van der Waals surface area (Å²) in [6.07, 6.45) is 6.54. The van der Waals surface area contributed by atoms with Gasteiger partial charge in [0.2, 0.25) is 0 Å². The van der Waals surface area contributed by atoms with E-state index in [2.05, 4.69) is 100 Å². The van der Waals surface area contributed by atoms with E-state index < -0.39 is 0 Å². The maximum absolute atomic E-state index is 9.28. The fourth-order valence-corrected chi connectivity index (χ4v) is 5.88. The van der Waals surface area contributed by atoms with E-state index in [9.17, 15) is 15.3 Å². The lowest BCUT2D eigenvalue weighted by Crippen LogP contribution is -2.08. The molecular weight excluding hydrogens is 492 g/mol. The largest absolute Gasteiger partial charge is 0.396 e. The molecule has 0 fully saturated rings. The molecule has 0 saturated heterocycles. The van der Waals surface area contributed by atoms with Gasteiger partial charge in [0.25, 0.3) is 0 Å². The van der Waals surface area contributed by atoms with Gasteiger partial charge in [-0.2, -0.15) is 0 Å². The molecule has 3 nitrogen and oxygen atoms in total. The molecule has 0 aliphatic carbocycles. The second-order valence-corrected chi connectivity index (χ2v) is 12.4. The van der Waals surface area contributed by atoms with Crippen molar-refractivity contribution in [3.05, 3.63) is 106 Å². The third-order valence-electron chi connectivity index (χ3n) is 8.52. The van der Waals surface area contributed by atoms with Gasteiger partial charge >= 0.3 is 0 Å². The molecule has 0 bridgehead atoms. The summed E-state index contributed by atoms with van der Waals surface area (Å²) in [6, 6.07) is 27.4. The van der Waals surface area contributed by atoms with Gasteiger partial charge in [0.15, 0.2) is 0 Å². The third-order valence-corrected chi connectivity index (χ3v) is 8.52. The van der Waals surface area contributed by atoms with Gasteiger partial charge in [0.1, 0.15) is 0 Å². The van der Waals surface area contributed by atoms with E-state index in [1.54, 1.807) is 0 Å². The van der Waals surface area contributed by atoms with Gasteiger partial charge in [-0.3, -0.25) is 0 Å². The van der Waals surface area contributed by atoms with E-state index in [0.29, 0.717) is 29.6 Å². The summed E-state index contributed by atoms with van der Waals surface area (Å²) in [5.74, 6) is 2.14. The zero-order chi connectivity index (χ0) is 28.9. The zero-order valence-electron chi connectivity index (χ0n) is 25.2. The van der Waals surface area contributed by atoms with Gasteiger partial charge in [0, 0.05) is 25.7 Å². The highest BCUT2D eigenvalue weighted by atomic mass is 16.3. The van der Waals surface area contributed by atoms with Crippen molar-refractivity contribution in [1.82, 2.24) is 0 Å². The molecule has 40 heavy (non-hydrogen) atoms. The fourth-order valence-electron chi connectivity index (χ4n) is 5.88. The predicted molar refractivity (Wildman–Crippen MR) is 168 cm³/mol. The molecule has 0 heterocycles. The van der Waals surface area contributed by atoms with Crippen LogP contribution in [-0.4, -0.2) is 35.1 Å². The van der Waals surface area contributed by atoms with Crippen LogP contribution in [0, 0.1) is 17.8 Å². The van der Waals surface area contributed by atoms with Crippen molar-refractivity contribution in [3.8, 4) is 0 Å². The highest BCUT2D eigenvalue weighted by molar-refractivity contribution is 5.37. The van der Waals surface area contributed by atoms with Gasteiger partial charge in [-0.05, 0) is 102 Å². The van der Waals surface area contributed by atoms with Crippen LogP contribution in [0.2, 0.25) is 0 Å². The van der Waals surface area contributed by atoms with Gasteiger partial charge in [-0.15, -0.1) is 0 Å². The molecule has 0 aliphatic rings. The van der Waals surface area contributed by atoms with Gasteiger partial charge in [-0.25, -0.2) is 0 Å². The molecule has 0 saturated carbocycles. The summed E-state index contributed by atoms with van der Waals surface area (Å²) >= 11 is 0. The van der Waals surface area contributed by atoms with Gasteiger partial charge < -0.3 is 15.3 Å². The monoisotopic (exact) mass is 544 g/mol. The van der Waals surface area contributed by atoms with E-state index in [1.165, 1.54) is 33.4 Å². The SMILES string of the molecule is CC(CCO)Cc1ccc(C(C)CC(c2ccc(CC(C)CCO)cc2)c2ccc(CC(C)CCO)cc2)cc1. The first-order valence-corrected chi connectivity index (χ1v) is 15.4. The summed E-state index contributed by atoms with van der Waals surface area (Å²) in [6.45, 7) is 9.70. The third kappa shape index (κ3) is 10.2. The minimum Gasteiger partial charge on any atom is -0.396 e. The average Bonchev–Trinajstić information content (AvgIpc) is 2.93. The van der Waals surface area contributed by atoms with Crippen molar-refractivity contribution in [1.29, 1.82) is 0 Å². The Labute approximate surface area is 243 Å². The molecule has 4 atom stereocenters. The molecule has 218 valence electrons. The second-order valence-electron chi connectivity index (χ2n) is 12.4. The molecule has 0 spiro atoms. The van der Waals surface area contributed by atoms with Crippen molar-refractivity contribution in [2.24, 2.45) is 17.8 Å². The predicted octanol–water partition coefficient (Wildman–Crippen LogP) is 7.70. The summed E-state index contributed by atoms with van der Waals surface area (Å²) in [4.78, 5) is 0. The summed E-state index contributed by atoms with van der Waals surface area (Å²) in [7, 11) is 0. The van der Waals surface area contributed by atoms with Crippen LogP contribution < -0.4 is 0 Å². The van der Waals surface area contributed by atoms with Gasteiger partial charge in [-0.1, -0.05) is 100 Å². The first-order chi connectivity index (χ1) is 19.3. The van der Waals surface area contributed by atoms with Crippen LogP contribution >= 0.6 is 0 Å². The molecule has 0 aromatic heterocycles. The Morgan fingerprint density at radius 3 is 1.05 bits per heavy atom. The standard InChI is InChI=1S/C37H52O3/c1-27(17-20-38)23-31-5-11-34(12-6-31)30(4)26-37(35-13-7-32(8-14-35)24-28(2)18-21-39)36-15-9-33(10-16-36)25-29(3)19-22-40/h5-16,27-30,37-40H,17-26H2,1-4H3. The molecular formula is C37H52O3. The van der Waals surface area contributed by atoms with E-state index in [0.717, 1.165) is 44.9 Å². The fraction of sp³-hybridized carbons (Fsp3) is 0.514. The lowest BCUT2D eigenvalue weighted by Gasteiger charge is -2.24. The second kappa shape index (κ2) is 16.7. The van der Waals surface area contributed by atoms with Crippen LogP contribution in [0.4, 0.5) is 0 Å². The Morgan fingerprint density at radius 1 is 0.450 bits per heavy atom. The van der Waals surface area contributed by atoms with Crippen molar-refractivity contribution in [2.45, 2.75) is 84.5 Å². The number of hydrogen-bond donors (Lipinski definition) is 3. The molecule has 0 amide bonds. The van der Waals surface area contributed by atoms with E-state index >= 15 is 0 Å².